The first-order valence-corrected chi connectivity index (χ1v) is 7.07. The van der Waals surface area contributed by atoms with E-state index in [-0.39, 0.29) is 0 Å². The second-order valence-electron chi connectivity index (χ2n) is 4.96. The van der Waals surface area contributed by atoms with Crippen molar-refractivity contribution >= 4 is 11.8 Å². The zero-order chi connectivity index (χ0) is 14.2. The Bertz CT molecular complexity index is 431. The minimum atomic E-state index is -0.432. The molecule has 0 bridgehead atoms. The number of amides is 1. The Balaban J connectivity index is 1.72. The quantitative estimate of drug-likeness (QED) is 0.869. The Kier molecular flexibility index (Phi) is 5.68. The molecule has 1 unspecified atom stereocenters. The van der Waals surface area contributed by atoms with Gasteiger partial charge in [0.2, 0.25) is 0 Å². The number of anilines is 1. The van der Waals surface area contributed by atoms with Crippen LogP contribution in [0.1, 0.15) is 19.3 Å². The molecule has 0 saturated carbocycles. The lowest BCUT2D eigenvalue weighted by Gasteiger charge is -2.22. The molecule has 1 aliphatic rings. The number of piperidine rings is 1. The maximum atomic E-state index is 11.7. The molecule has 110 valence electrons. The van der Waals surface area contributed by atoms with Crippen LogP contribution in [0.3, 0.4) is 0 Å². The van der Waals surface area contributed by atoms with Crippen molar-refractivity contribution in [3.8, 4) is 5.75 Å². The first-order chi connectivity index (χ1) is 9.79. The van der Waals surface area contributed by atoms with Gasteiger partial charge in [0.1, 0.15) is 5.75 Å². The molecule has 1 aromatic carbocycles. The van der Waals surface area contributed by atoms with E-state index < -0.39 is 6.09 Å². The van der Waals surface area contributed by atoms with Crippen LogP contribution in [0.5, 0.6) is 5.75 Å². The van der Waals surface area contributed by atoms with Crippen molar-refractivity contribution in [1.29, 1.82) is 0 Å². The summed E-state index contributed by atoms with van der Waals surface area (Å²) >= 11 is 0. The molecular formula is C15H22N2O3. The van der Waals surface area contributed by atoms with Crippen molar-refractivity contribution in [1.82, 2.24) is 5.32 Å². The lowest BCUT2D eigenvalue weighted by Crippen LogP contribution is -2.30. The SMILES string of the molecule is COc1ccccc1NC(=O)OCCC1CCCNC1. The van der Waals surface area contributed by atoms with Crippen LogP contribution in [-0.4, -0.2) is 32.9 Å². The van der Waals surface area contributed by atoms with Crippen molar-refractivity contribution in [3.05, 3.63) is 24.3 Å². The number of carbonyl (C=O) groups excluding carboxylic acids is 1. The minimum Gasteiger partial charge on any atom is -0.495 e. The van der Waals surface area contributed by atoms with Crippen LogP contribution < -0.4 is 15.4 Å². The Morgan fingerprint density at radius 2 is 2.30 bits per heavy atom. The fourth-order valence-corrected chi connectivity index (χ4v) is 2.38. The van der Waals surface area contributed by atoms with Crippen LogP contribution in [0.25, 0.3) is 0 Å². The molecule has 1 aromatic rings. The van der Waals surface area contributed by atoms with Crippen LogP contribution in [0.15, 0.2) is 24.3 Å². The number of para-hydroxylation sites is 2. The smallest absolute Gasteiger partial charge is 0.411 e. The highest BCUT2D eigenvalue weighted by Gasteiger charge is 2.14. The van der Waals surface area contributed by atoms with Gasteiger partial charge in [0.25, 0.3) is 0 Å². The molecule has 2 rings (SSSR count). The molecular weight excluding hydrogens is 256 g/mol. The van der Waals surface area contributed by atoms with Gasteiger partial charge in [-0.1, -0.05) is 12.1 Å². The van der Waals surface area contributed by atoms with Crippen molar-refractivity contribution < 1.29 is 14.3 Å². The summed E-state index contributed by atoms with van der Waals surface area (Å²) < 4.78 is 10.4. The van der Waals surface area contributed by atoms with Crippen molar-refractivity contribution in [2.75, 3.05) is 32.1 Å². The third kappa shape index (κ3) is 4.42. The van der Waals surface area contributed by atoms with E-state index in [0.717, 1.165) is 19.5 Å². The number of methoxy groups -OCH3 is 1. The van der Waals surface area contributed by atoms with Gasteiger partial charge in [-0.2, -0.15) is 0 Å². The van der Waals surface area contributed by atoms with Gasteiger partial charge in [0, 0.05) is 0 Å². The van der Waals surface area contributed by atoms with Gasteiger partial charge in [0.15, 0.2) is 0 Å². The predicted octanol–water partition coefficient (Wildman–Crippen LogP) is 2.63. The summed E-state index contributed by atoms with van der Waals surface area (Å²) in [4.78, 5) is 11.7. The fraction of sp³-hybridized carbons (Fsp3) is 0.533. The highest BCUT2D eigenvalue weighted by molar-refractivity contribution is 5.86. The first-order valence-electron chi connectivity index (χ1n) is 7.07. The molecule has 0 spiro atoms. The molecule has 1 aliphatic heterocycles. The highest BCUT2D eigenvalue weighted by Crippen LogP contribution is 2.23. The summed E-state index contributed by atoms with van der Waals surface area (Å²) in [5.74, 6) is 1.24. The lowest BCUT2D eigenvalue weighted by atomic mass is 9.97. The second kappa shape index (κ2) is 7.75. The van der Waals surface area contributed by atoms with Crippen LogP contribution in [-0.2, 0) is 4.74 Å². The predicted molar refractivity (Wildman–Crippen MR) is 78.2 cm³/mol. The van der Waals surface area contributed by atoms with E-state index in [1.165, 1.54) is 12.8 Å². The number of benzene rings is 1. The molecule has 0 radical (unpaired) electrons. The zero-order valence-electron chi connectivity index (χ0n) is 11.9. The maximum absolute atomic E-state index is 11.7. The summed E-state index contributed by atoms with van der Waals surface area (Å²) in [7, 11) is 1.57. The molecule has 5 nitrogen and oxygen atoms in total. The lowest BCUT2D eigenvalue weighted by molar-refractivity contribution is 0.150. The first kappa shape index (κ1) is 14.7. The molecule has 0 aliphatic carbocycles. The number of hydrogen-bond donors (Lipinski definition) is 2. The molecule has 5 heteroatoms. The van der Waals surface area contributed by atoms with E-state index in [1.54, 1.807) is 19.2 Å². The van der Waals surface area contributed by atoms with Gasteiger partial charge in [-0.05, 0) is 50.4 Å². The Hall–Kier alpha value is -1.75. The van der Waals surface area contributed by atoms with E-state index >= 15 is 0 Å². The monoisotopic (exact) mass is 278 g/mol. The largest absolute Gasteiger partial charge is 0.495 e. The fourth-order valence-electron chi connectivity index (χ4n) is 2.38. The van der Waals surface area contributed by atoms with Gasteiger partial charge in [0.05, 0.1) is 19.4 Å². The molecule has 20 heavy (non-hydrogen) atoms. The van der Waals surface area contributed by atoms with Gasteiger partial charge in [-0.3, -0.25) is 5.32 Å². The molecule has 1 fully saturated rings. The van der Waals surface area contributed by atoms with Crippen molar-refractivity contribution in [2.24, 2.45) is 5.92 Å². The zero-order valence-corrected chi connectivity index (χ0v) is 11.9. The van der Waals surface area contributed by atoms with E-state index in [9.17, 15) is 4.79 Å². The Morgan fingerprint density at radius 3 is 3.05 bits per heavy atom. The number of ether oxygens (including phenoxy) is 2. The van der Waals surface area contributed by atoms with E-state index in [4.69, 9.17) is 9.47 Å². The maximum Gasteiger partial charge on any atom is 0.411 e. The summed E-state index contributed by atoms with van der Waals surface area (Å²) in [6, 6.07) is 7.27. The second-order valence-corrected chi connectivity index (χ2v) is 4.96. The third-order valence-electron chi connectivity index (χ3n) is 3.50. The molecule has 2 N–H and O–H groups in total. The van der Waals surface area contributed by atoms with E-state index in [0.29, 0.717) is 24.0 Å². The van der Waals surface area contributed by atoms with E-state index in [2.05, 4.69) is 10.6 Å². The number of rotatable bonds is 5. The minimum absolute atomic E-state index is 0.432. The number of carbonyl (C=O) groups is 1. The molecule has 1 heterocycles. The number of hydrogen-bond acceptors (Lipinski definition) is 4. The van der Waals surface area contributed by atoms with Crippen LogP contribution >= 0.6 is 0 Å². The van der Waals surface area contributed by atoms with Gasteiger partial charge in [-0.15, -0.1) is 0 Å². The normalized spacial score (nSPS) is 18.4. The van der Waals surface area contributed by atoms with Gasteiger partial charge < -0.3 is 14.8 Å². The third-order valence-corrected chi connectivity index (χ3v) is 3.50. The van der Waals surface area contributed by atoms with Crippen LogP contribution in [0.4, 0.5) is 10.5 Å². The average Bonchev–Trinajstić information content (AvgIpc) is 2.49. The highest BCUT2D eigenvalue weighted by atomic mass is 16.5. The van der Waals surface area contributed by atoms with Crippen LogP contribution in [0.2, 0.25) is 0 Å². The Labute approximate surface area is 119 Å². The molecule has 1 atom stereocenters. The Morgan fingerprint density at radius 1 is 1.45 bits per heavy atom. The average molecular weight is 278 g/mol. The molecule has 1 saturated heterocycles. The number of nitrogens with one attached hydrogen (secondary N) is 2. The van der Waals surface area contributed by atoms with Crippen molar-refractivity contribution in [2.45, 2.75) is 19.3 Å². The molecule has 1 amide bonds. The summed E-state index contributed by atoms with van der Waals surface area (Å²) in [5, 5.41) is 6.05. The summed E-state index contributed by atoms with van der Waals surface area (Å²) in [5.41, 5.74) is 0.624. The summed E-state index contributed by atoms with van der Waals surface area (Å²) in [6.45, 7) is 2.58. The summed E-state index contributed by atoms with van der Waals surface area (Å²) in [6.07, 6.45) is 2.90. The van der Waals surface area contributed by atoms with Gasteiger partial charge in [-0.25, -0.2) is 4.79 Å². The topological polar surface area (TPSA) is 59.6 Å². The standard InChI is InChI=1S/C15H22N2O3/c1-19-14-7-3-2-6-13(14)17-15(18)20-10-8-12-5-4-9-16-11-12/h2-3,6-7,12,16H,4-5,8-11H2,1H3,(H,17,18). The molecule has 0 aromatic heterocycles. The van der Waals surface area contributed by atoms with Crippen molar-refractivity contribution in [3.63, 3.8) is 0 Å². The van der Waals surface area contributed by atoms with E-state index in [1.807, 2.05) is 12.1 Å². The van der Waals surface area contributed by atoms with Crippen LogP contribution in [0, 0.1) is 5.92 Å². The van der Waals surface area contributed by atoms with Gasteiger partial charge >= 0.3 is 6.09 Å².